The van der Waals surface area contributed by atoms with Crippen molar-refractivity contribution in [2.75, 3.05) is 35.5 Å². The molecule has 0 aliphatic heterocycles. The van der Waals surface area contributed by atoms with Gasteiger partial charge in [-0.25, -0.2) is 0 Å². The third-order valence-corrected chi connectivity index (χ3v) is 7.45. The number of methoxy groups -OCH3 is 5. The van der Waals surface area contributed by atoms with Crippen LogP contribution in [0.2, 0.25) is 0 Å². The van der Waals surface area contributed by atoms with Gasteiger partial charge in [-0.3, -0.25) is 4.90 Å². The molecule has 0 radical (unpaired) electrons. The predicted molar refractivity (Wildman–Crippen MR) is 98.7 cm³/mol. The lowest BCUT2D eigenvalue weighted by atomic mass is 10.4. The average Bonchev–Trinajstić information content (AvgIpc) is 2.54. The van der Waals surface area contributed by atoms with Crippen molar-refractivity contribution < 1.29 is 23.7 Å². The van der Waals surface area contributed by atoms with E-state index in [1.54, 1.807) is 35.5 Å². The first-order chi connectivity index (χ1) is 10.6. The molecule has 0 rings (SSSR count). The maximum atomic E-state index is 5.59. The minimum absolute atomic E-state index is 0.0316. The highest BCUT2D eigenvalue weighted by Crippen LogP contribution is 2.45. The van der Waals surface area contributed by atoms with E-state index < -0.39 is 11.1 Å². The lowest BCUT2D eigenvalue weighted by Gasteiger charge is -2.43. The quantitative estimate of drug-likeness (QED) is 0.388. The summed E-state index contributed by atoms with van der Waals surface area (Å²) in [4.78, 5) is 2.32. The van der Waals surface area contributed by atoms with Crippen LogP contribution >= 0.6 is 17.2 Å². The van der Waals surface area contributed by atoms with E-state index in [4.69, 9.17) is 23.7 Å². The third-order valence-electron chi connectivity index (χ3n) is 4.16. The van der Waals surface area contributed by atoms with Gasteiger partial charge >= 0.3 is 0 Å². The molecular formula is C15H35NO5P2. The molecule has 5 unspecified atom stereocenters. The molecule has 0 heterocycles. The van der Waals surface area contributed by atoms with Crippen LogP contribution in [0.1, 0.15) is 34.6 Å². The fourth-order valence-electron chi connectivity index (χ4n) is 2.40. The van der Waals surface area contributed by atoms with Crippen LogP contribution < -0.4 is 0 Å². The fraction of sp³-hybridized carbons (Fsp3) is 1.00. The second-order valence-corrected chi connectivity index (χ2v) is 9.70. The SMILES string of the molecule is COC(C)N(C(C)PC(C)(OC)OC)C(C)PC(C)(OC)OC. The van der Waals surface area contributed by atoms with E-state index in [1.807, 2.05) is 13.8 Å². The van der Waals surface area contributed by atoms with Gasteiger partial charge in [0.1, 0.15) is 6.23 Å². The Kier molecular flexibility index (Phi) is 10.9. The molecule has 0 aromatic carbocycles. The largest absolute Gasteiger partial charge is 0.367 e. The van der Waals surface area contributed by atoms with Crippen LogP contribution in [0.15, 0.2) is 0 Å². The summed E-state index contributed by atoms with van der Waals surface area (Å²) in [7, 11) is 9.27. The summed E-state index contributed by atoms with van der Waals surface area (Å²) in [5, 5.41) is 0. The molecule has 0 amide bonds. The van der Waals surface area contributed by atoms with Crippen molar-refractivity contribution in [2.24, 2.45) is 0 Å². The summed E-state index contributed by atoms with van der Waals surface area (Å²) in [6, 6.07) is 0. The first-order valence-corrected chi connectivity index (χ1v) is 9.83. The maximum absolute atomic E-state index is 5.59. The minimum atomic E-state index is -0.597. The van der Waals surface area contributed by atoms with Gasteiger partial charge in [0.05, 0.1) is 0 Å². The van der Waals surface area contributed by atoms with Gasteiger partial charge in [-0.05, 0) is 51.8 Å². The van der Waals surface area contributed by atoms with Crippen LogP contribution in [0.4, 0.5) is 0 Å². The molecule has 0 spiro atoms. The summed E-state index contributed by atoms with van der Waals surface area (Å²) in [5.74, 6) is 0.436. The normalized spacial score (nSPS) is 18.4. The summed E-state index contributed by atoms with van der Waals surface area (Å²) in [6.07, 6.45) is -0.0316. The van der Waals surface area contributed by atoms with Crippen molar-refractivity contribution >= 4 is 17.2 Å². The summed E-state index contributed by atoms with van der Waals surface area (Å²) in [5.41, 5.74) is -1.19. The van der Waals surface area contributed by atoms with Crippen molar-refractivity contribution in [1.29, 1.82) is 0 Å². The van der Waals surface area contributed by atoms with Gasteiger partial charge in [0, 0.05) is 47.1 Å². The zero-order valence-corrected chi connectivity index (χ0v) is 18.2. The Labute approximate surface area is 145 Å². The van der Waals surface area contributed by atoms with Gasteiger partial charge in [-0.1, -0.05) is 0 Å². The maximum Gasteiger partial charge on any atom is 0.181 e. The monoisotopic (exact) mass is 371 g/mol. The van der Waals surface area contributed by atoms with Crippen LogP contribution in [0, 0.1) is 0 Å². The highest BCUT2D eigenvalue weighted by molar-refractivity contribution is 7.41. The number of hydrogen-bond donors (Lipinski definition) is 0. The van der Waals surface area contributed by atoms with E-state index in [2.05, 4.69) is 25.7 Å². The molecule has 23 heavy (non-hydrogen) atoms. The van der Waals surface area contributed by atoms with Crippen molar-refractivity contribution in [3.8, 4) is 0 Å². The molecule has 0 N–H and O–H groups in total. The molecule has 0 aromatic rings. The fourth-order valence-corrected chi connectivity index (χ4v) is 5.70. The van der Waals surface area contributed by atoms with E-state index >= 15 is 0 Å². The average molecular weight is 371 g/mol. The van der Waals surface area contributed by atoms with Crippen LogP contribution in [0.3, 0.4) is 0 Å². The summed E-state index contributed by atoms with van der Waals surface area (Å²) >= 11 is 0. The highest BCUT2D eigenvalue weighted by atomic mass is 31.1. The second-order valence-electron chi connectivity index (χ2n) is 5.63. The van der Waals surface area contributed by atoms with Crippen LogP contribution in [0.5, 0.6) is 0 Å². The highest BCUT2D eigenvalue weighted by Gasteiger charge is 2.36. The zero-order valence-electron chi connectivity index (χ0n) is 16.2. The van der Waals surface area contributed by atoms with Gasteiger partial charge in [0.2, 0.25) is 0 Å². The molecular weight excluding hydrogens is 336 g/mol. The molecule has 5 atom stereocenters. The lowest BCUT2D eigenvalue weighted by Crippen LogP contribution is -2.46. The molecule has 8 heteroatoms. The van der Waals surface area contributed by atoms with Crippen molar-refractivity contribution in [3.63, 3.8) is 0 Å². The van der Waals surface area contributed by atoms with E-state index in [9.17, 15) is 0 Å². The first-order valence-electron chi connectivity index (χ1n) is 7.68. The van der Waals surface area contributed by atoms with Gasteiger partial charge in [-0.15, -0.1) is 0 Å². The first kappa shape index (κ1) is 23.6. The zero-order chi connectivity index (χ0) is 18.3. The minimum Gasteiger partial charge on any atom is -0.367 e. The number of hydrogen-bond acceptors (Lipinski definition) is 6. The van der Waals surface area contributed by atoms with Crippen LogP contribution in [-0.2, 0) is 23.7 Å². The Balaban J connectivity index is 5.20. The molecule has 0 aliphatic rings. The molecule has 140 valence electrons. The van der Waals surface area contributed by atoms with Gasteiger partial charge in [-0.2, -0.15) is 0 Å². The molecule has 0 fully saturated rings. The van der Waals surface area contributed by atoms with Crippen LogP contribution in [-0.4, -0.2) is 69.3 Å². The Morgan fingerprint density at radius 2 is 1.00 bits per heavy atom. The van der Waals surface area contributed by atoms with Gasteiger partial charge in [0.15, 0.2) is 11.1 Å². The Hall–Kier alpha value is 0.620. The number of nitrogens with zero attached hydrogens (tertiary/aromatic N) is 1. The lowest BCUT2D eigenvalue weighted by molar-refractivity contribution is -0.127. The van der Waals surface area contributed by atoms with E-state index in [1.165, 1.54) is 0 Å². The Morgan fingerprint density at radius 1 is 0.696 bits per heavy atom. The van der Waals surface area contributed by atoms with E-state index in [0.29, 0.717) is 17.2 Å². The van der Waals surface area contributed by atoms with Crippen molar-refractivity contribution in [2.45, 2.75) is 63.5 Å². The second kappa shape index (κ2) is 10.6. The molecule has 0 aromatic heterocycles. The molecule has 0 aliphatic carbocycles. The van der Waals surface area contributed by atoms with Crippen molar-refractivity contribution in [1.82, 2.24) is 4.90 Å². The van der Waals surface area contributed by atoms with Crippen molar-refractivity contribution in [3.05, 3.63) is 0 Å². The number of ether oxygens (including phenoxy) is 5. The third kappa shape index (κ3) is 7.17. The number of rotatable bonds is 12. The molecule has 0 bridgehead atoms. The molecule has 0 saturated carbocycles. The van der Waals surface area contributed by atoms with E-state index in [-0.39, 0.29) is 17.8 Å². The predicted octanol–water partition coefficient (Wildman–Crippen LogP) is 3.26. The Morgan fingerprint density at radius 3 is 1.22 bits per heavy atom. The molecule has 0 saturated heterocycles. The van der Waals surface area contributed by atoms with E-state index in [0.717, 1.165) is 0 Å². The summed E-state index contributed by atoms with van der Waals surface area (Å²) < 4.78 is 27.7. The smallest absolute Gasteiger partial charge is 0.181 e. The standard InChI is InChI=1S/C15H35NO5P2/c1-11(17-6)16(12(2)22-14(4,18-7)19-8)13(3)23-15(5,20-9)21-10/h11-13,22-23H,1-10H3. The van der Waals surface area contributed by atoms with Gasteiger partial charge in [0.25, 0.3) is 0 Å². The summed E-state index contributed by atoms with van der Waals surface area (Å²) in [6.45, 7) is 10.3. The van der Waals surface area contributed by atoms with Crippen LogP contribution in [0.25, 0.3) is 0 Å². The molecule has 6 nitrogen and oxygen atoms in total. The Bertz CT molecular complexity index is 301. The van der Waals surface area contributed by atoms with Gasteiger partial charge < -0.3 is 23.7 Å². The topological polar surface area (TPSA) is 49.4 Å².